The van der Waals surface area contributed by atoms with E-state index in [1.807, 2.05) is 0 Å². The van der Waals surface area contributed by atoms with Crippen LogP contribution in [0.4, 0.5) is 0 Å². The van der Waals surface area contributed by atoms with Gasteiger partial charge in [0.25, 0.3) is 0 Å². The summed E-state index contributed by atoms with van der Waals surface area (Å²) in [7, 11) is 0. The van der Waals surface area contributed by atoms with Gasteiger partial charge in [0.1, 0.15) is 0 Å². The van der Waals surface area contributed by atoms with E-state index in [4.69, 9.17) is 10.8 Å². The third-order valence-corrected chi connectivity index (χ3v) is 1.62. The van der Waals surface area contributed by atoms with Crippen LogP contribution in [0, 0.1) is 0 Å². The van der Waals surface area contributed by atoms with Crippen LogP contribution < -0.4 is 11.3 Å². The van der Waals surface area contributed by atoms with Gasteiger partial charge in [-0.25, -0.2) is 0 Å². The van der Waals surface area contributed by atoms with Crippen LogP contribution in [0.2, 0.25) is 0 Å². The number of rotatable bonds is 3. The highest BCUT2D eigenvalue weighted by molar-refractivity contribution is 5.67. The fraction of sp³-hybridized carbons (Fsp3) is 0.250. The van der Waals surface area contributed by atoms with Crippen molar-refractivity contribution in [2.24, 2.45) is 5.73 Å². The predicted molar refractivity (Wildman–Crippen MR) is 46.2 cm³/mol. The maximum absolute atomic E-state index is 10.8. The third kappa shape index (κ3) is 2.72. The van der Waals surface area contributed by atoms with Gasteiger partial charge in [-0.2, -0.15) is 0 Å². The molecule has 0 radical (unpaired) electrons. The van der Waals surface area contributed by atoms with Crippen molar-refractivity contribution in [2.75, 3.05) is 0 Å². The molecule has 0 fully saturated rings. The molecule has 1 aromatic heterocycles. The van der Waals surface area contributed by atoms with E-state index in [0.29, 0.717) is 5.56 Å². The van der Waals surface area contributed by atoms with Crippen LogP contribution in [-0.2, 0) is 4.79 Å². The molecule has 0 aliphatic heterocycles. The van der Waals surface area contributed by atoms with Gasteiger partial charge < -0.3 is 15.8 Å². The summed E-state index contributed by atoms with van der Waals surface area (Å²) in [5, 5.41) is 8.45. The fourth-order valence-corrected chi connectivity index (χ4v) is 0.998. The number of aliphatic carboxylic acids is 1. The first-order valence-electron chi connectivity index (χ1n) is 3.75. The Kier molecular flexibility index (Phi) is 2.81. The molecule has 5 nitrogen and oxygen atoms in total. The molecular weight excluding hydrogens is 172 g/mol. The zero-order chi connectivity index (χ0) is 9.84. The molecule has 13 heavy (non-hydrogen) atoms. The van der Waals surface area contributed by atoms with Crippen LogP contribution in [0.1, 0.15) is 18.0 Å². The van der Waals surface area contributed by atoms with E-state index in [0.717, 1.165) is 0 Å². The number of carbonyl (C=O) groups is 1. The zero-order valence-corrected chi connectivity index (χ0v) is 6.86. The molecule has 1 rings (SSSR count). The first-order valence-corrected chi connectivity index (χ1v) is 3.75. The van der Waals surface area contributed by atoms with Gasteiger partial charge >= 0.3 is 5.97 Å². The lowest BCUT2D eigenvalue weighted by molar-refractivity contribution is -0.137. The Hall–Kier alpha value is -1.62. The van der Waals surface area contributed by atoms with E-state index in [2.05, 4.69) is 4.98 Å². The second kappa shape index (κ2) is 3.86. The topological polar surface area (TPSA) is 96.2 Å². The maximum atomic E-state index is 10.8. The number of nitrogens with one attached hydrogen (secondary N) is 1. The van der Waals surface area contributed by atoms with E-state index >= 15 is 0 Å². The third-order valence-electron chi connectivity index (χ3n) is 1.62. The predicted octanol–water partition coefficient (Wildman–Crippen LogP) is -0.151. The lowest BCUT2D eigenvalue weighted by Crippen LogP contribution is -2.17. The number of carboxylic acids is 1. The average Bonchev–Trinajstić information content (AvgIpc) is 2.03. The molecule has 1 heterocycles. The van der Waals surface area contributed by atoms with Gasteiger partial charge in [-0.05, 0) is 11.6 Å². The van der Waals surface area contributed by atoms with Crippen molar-refractivity contribution in [3.8, 4) is 0 Å². The number of hydrogen-bond acceptors (Lipinski definition) is 3. The second-order valence-corrected chi connectivity index (χ2v) is 2.69. The number of aromatic nitrogens is 1. The van der Waals surface area contributed by atoms with Crippen LogP contribution in [0.5, 0.6) is 0 Å². The second-order valence-electron chi connectivity index (χ2n) is 2.69. The average molecular weight is 182 g/mol. The van der Waals surface area contributed by atoms with E-state index in [9.17, 15) is 9.59 Å². The van der Waals surface area contributed by atoms with Crippen molar-refractivity contribution in [2.45, 2.75) is 12.5 Å². The van der Waals surface area contributed by atoms with Crippen molar-refractivity contribution < 1.29 is 9.90 Å². The highest BCUT2D eigenvalue weighted by atomic mass is 16.4. The van der Waals surface area contributed by atoms with Gasteiger partial charge in [0.05, 0.1) is 6.42 Å². The number of pyridine rings is 1. The summed E-state index contributed by atoms with van der Waals surface area (Å²) in [4.78, 5) is 23.5. The molecule has 1 atom stereocenters. The Bertz CT molecular complexity index is 358. The SMILES string of the molecule is N[C@@H](CC(=O)O)c1cc[nH]c(=O)c1. The van der Waals surface area contributed by atoms with Gasteiger partial charge in [0, 0.05) is 18.3 Å². The molecule has 0 unspecified atom stereocenters. The molecular formula is C8H10N2O3. The van der Waals surface area contributed by atoms with Gasteiger partial charge in [-0.3, -0.25) is 9.59 Å². The van der Waals surface area contributed by atoms with Gasteiger partial charge in [0.2, 0.25) is 5.56 Å². The molecule has 0 saturated carbocycles. The molecule has 0 saturated heterocycles. The van der Waals surface area contributed by atoms with E-state index < -0.39 is 12.0 Å². The van der Waals surface area contributed by atoms with Crippen molar-refractivity contribution in [3.63, 3.8) is 0 Å². The maximum Gasteiger partial charge on any atom is 0.305 e. The van der Waals surface area contributed by atoms with Crippen LogP contribution in [0.15, 0.2) is 23.1 Å². The summed E-state index contributed by atoms with van der Waals surface area (Å²) in [5.41, 5.74) is 5.79. The minimum absolute atomic E-state index is 0.177. The molecule has 1 aromatic rings. The standard InChI is InChI=1S/C8H10N2O3/c9-6(4-8(12)13)5-1-2-10-7(11)3-5/h1-3,6H,4,9H2,(H,10,11)(H,12,13)/t6-/m0/s1. The van der Waals surface area contributed by atoms with E-state index in [1.54, 1.807) is 6.07 Å². The zero-order valence-electron chi connectivity index (χ0n) is 6.86. The Morgan fingerprint density at radius 1 is 1.69 bits per heavy atom. The molecule has 0 aliphatic rings. The number of nitrogens with two attached hydrogens (primary N) is 1. The molecule has 0 aliphatic carbocycles. The number of H-pyrrole nitrogens is 1. The lowest BCUT2D eigenvalue weighted by Gasteiger charge is -2.07. The molecule has 70 valence electrons. The fourth-order valence-electron chi connectivity index (χ4n) is 0.998. The summed E-state index contributed by atoms with van der Waals surface area (Å²) in [6, 6.07) is 2.27. The smallest absolute Gasteiger partial charge is 0.305 e. The Balaban J connectivity index is 2.82. The highest BCUT2D eigenvalue weighted by Crippen LogP contribution is 2.10. The lowest BCUT2D eigenvalue weighted by atomic mass is 10.1. The number of hydrogen-bond donors (Lipinski definition) is 3. The molecule has 0 spiro atoms. The van der Waals surface area contributed by atoms with Crippen LogP contribution in [0.3, 0.4) is 0 Å². The van der Waals surface area contributed by atoms with Gasteiger partial charge in [0.15, 0.2) is 0 Å². The van der Waals surface area contributed by atoms with E-state index in [1.165, 1.54) is 12.3 Å². The Morgan fingerprint density at radius 2 is 2.38 bits per heavy atom. The minimum Gasteiger partial charge on any atom is -0.481 e. The first kappa shape index (κ1) is 9.47. The normalized spacial score (nSPS) is 12.4. The monoisotopic (exact) mass is 182 g/mol. The van der Waals surface area contributed by atoms with Gasteiger partial charge in [-0.1, -0.05) is 0 Å². The summed E-state index contributed by atoms with van der Waals surface area (Å²) >= 11 is 0. The summed E-state index contributed by atoms with van der Waals surface area (Å²) in [6.07, 6.45) is 1.27. The van der Waals surface area contributed by atoms with Crippen molar-refractivity contribution in [1.29, 1.82) is 0 Å². The number of carboxylic acid groups (broad SMARTS) is 1. The van der Waals surface area contributed by atoms with Gasteiger partial charge in [-0.15, -0.1) is 0 Å². The minimum atomic E-state index is -0.979. The van der Waals surface area contributed by atoms with Crippen molar-refractivity contribution in [3.05, 3.63) is 34.2 Å². The highest BCUT2D eigenvalue weighted by Gasteiger charge is 2.10. The summed E-state index contributed by atoms with van der Waals surface area (Å²) < 4.78 is 0. The van der Waals surface area contributed by atoms with Crippen molar-refractivity contribution in [1.82, 2.24) is 4.98 Å². The van der Waals surface area contributed by atoms with Crippen LogP contribution in [0.25, 0.3) is 0 Å². The molecule has 4 N–H and O–H groups in total. The van der Waals surface area contributed by atoms with Crippen LogP contribution >= 0.6 is 0 Å². The molecule has 0 aromatic carbocycles. The molecule has 0 bridgehead atoms. The summed E-state index contributed by atoms with van der Waals surface area (Å²) in [5.74, 6) is -0.979. The Morgan fingerprint density at radius 3 is 2.92 bits per heavy atom. The number of aromatic amines is 1. The first-order chi connectivity index (χ1) is 6.09. The largest absolute Gasteiger partial charge is 0.481 e. The van der Waals surface area contributed by atoms with Crippen LogP contribution in [-0.4, -0.2) is 16.1 Å². The summed E-state index contributed by atoms with van der Waals surface area (Å²) in [6.45, 7) is 0. The van der Waals surface area contributed by atoms with Crippen molar-refractivity contribution >= 4 is 5.97 Å². The van der Waals surface area contributed by atoms with E-state index in [-0.39, 0.29) is 12.0 Å². The quantitative estimate of drug-likeness (QED) is 0.605. The Labute approximate surface area is 74.2 Å². The molecule has 5 heteroatoms. The molecule has 0 amide bonds.